The molecule has 0 aliphatic heterocycles. The van der Waals surface area contributed by atoms with Gasteiger partial charge in [0.2, 0.25) is 0 Å². The number of carboxylic acids is 1. The number of aryl methyl sites for hydroxylation is 3. The fourth-order valence-corrected chi connectivity index (χ4v) is 3.86. The molecule has 0 aliphatic carbocycles. The van der Waals surface area contributed by atoms with Gasteiger partial charge in [-0.1, -0.05) is 66.7 Å². The van der Waals surface area contributed by atoms with Crippen LogP contribution in [0.15, 0.2) is 85.1 Å². The lowest BCUT2D eigenvalue weighted by Crippen LogP contribution is -1.99. The highest BCUT2D eigenvalue weighted by molar-refractivity contribution is 5.85. The van der Waals surface area contributed by atoms with Gasteiger partial charge in [0, 0.05) is 30.1 Å². The van der Waals surface area contributed by atoms with Crippen LogP contribution >= 0.6 is 0 Å². The van der Waals surface area contributed by atoms with E-state index in [1.807, 2.05) is 12.1 Å². The summed E-state index contributed by atoms with van der Waals surface area (Å²) in [6, 6.07) is 27.4. The van der Waals surface area contributed by atoms with Gasteiger partial charge in [0.1, 0.15) is 0 Å². The minimum absolute atomic E-state index is 0.162. The van der Waals surface area contributed by atoms with Crippen molar-refractivity contribution in [2.75, 3.05) is 0 Å². The van der Waals surface area contributed by atoms with E-state index in [4.69, 9.17) is 5.11 Å². The van der Waals surface area contributed by atoms with Crippen molar-refractivity contribution in [3.8, 4) is 0 Å². The normalized spacial score (nSPS) is 11.0. The second kappa shape index (κ2) is 8.78. The molecule has 0 fully saturated rings. The van der Waals surface area contributed by atoms with Crippen molar-refractivity contribution in [1.82, 2.24) is 4.57 Å². The molecule has 0 atom stereocenters. The number of carboxylic acid groups (broad SMARTS) is 1. The van der Waals surface area contributed by atoms with E-state index >= 15 is 0 Å². The van der Waals surface area contributed by atoms with Crippen LogP contribution in [0.5, 0.6) is 0 Å². The van der Waals surface area contributed by atoms with Gasteiger partial charge in [0.05, 0.1) is 0 Å². The van der Waals surface area contributed by atoms with Crippen molar-refractivity contribution >= 4 is 16.9 Å². The van der Waals surface area contributed by atoms with Crippen molar-refractivity contribution in [2.24, 2.45) is 0 Å². The number of aromatic nitrogens is 1. The van der Waals surface area contributed by atoms with Crippen LogP contribution in [-0.2, 0) is 30.6 Å². The topological polar surface area (TPSA) is 42.2 Å². The van der Waals surface area contributed by atoms with Crippen molar-refractivity contribution in [3.05, 3.63) is 107 Å². The maximum Gasteiger partial charge on any atom is 0.303 e. The first kappa shape index (κ1) is 19.0. The maximum absolute atomic E-state index is 11.0. The molecule has 146 valence electrons. The quantitative estimate of drug-likeness (QED) is 0.437. The van der Waals surface area contributed by atoms with Gasteiger partial charge in [-0.3, -0.25) is 4.79 Å². The Morgan fingerprint density at radius 2 is 1.45 bits per heavy atom. The Kier molecular flexibility index (Phi) is 5.76. The van der Waals surface area contributed by atoms with Gasteiger partial charge in [0.15, 0.2) is 0 Å². The highest BCUT2D eigenvalue weighted by Gasteiger charge is 2.11. The Morgan fingerprint density at radius 3 is 2.14 bits per heavy atom. The summed E-state index contributed by atoms with van der Waals surface area (Å²) in [5, 5.41) is 10.3. The Morgan fingerprint density at radius 1 is 0.759 bits per heavy atom. The molecule has 0 unspecified atom stereocenters. The van der Waals surface area contributed by atoms with Gasteiger partial charge < -0.3 is 9.67 Å². The van der Waals surface area contributed by atoms with Crippen LogP contribution in [0, 0.1) is 0 Å². The summed E-state index contributed by atoms with van der Waals surface area (Å²) in [5.74, 6) is -0.754. The third-order valence-electron chi connectivity index (χ3n) is 5.38. The van der Waals surface area contributed by atoms with Crippen molar-refractivity contribution in [2.45, 2.75) is 32.2 Å². The first-order chi connectivity index (χ1) is 14.2. The maximum atomic E-state index is 11.0. The molecule has 3 aromatic carbocycles. The summed E-state index contributed by atoms with van der Waals surface area (Å²) < 4.78 is 2.31. The van der Waals surface area contributed by atoms with E-state index in [1.165, 1.54) is 27.6 Å². The average molecular weight is 383 g/mol. The van der Waals surface area contributed by atoms with Crippen LogP contribution in [0.1, 0.15) is 28.7 Å². The number of rotatable bonds is 8. The number of benzene rings is 3. The summed E-state index contributed by atoms with van der Waals surface area (Å²) in [4.78, 5) is 11.0. The number of hydrogen-bond acceptors (Lipinski definition) is 1. The summed E-state index contributed by atoms with van der Waals surface area (Å²) in [6.07, 6.45) is 4.94. The molecule has 1 heterocycles. The van der Waals surface area contributed by atoms with Crippen LogP contribution in [-0.4, -0.2) is 15.6 Å². The standard InChI is InChI=1S/C26H25NO2/c28-26(29)16-13-21-12-15-25-24(17-21)23(14-11-20-7-3-1-4-8-20)19-27(25)18-22-9-5-2-6-10-22/h1-10,12,15,17,19H,11,13-14,16,18H2,(H,28,29). The van der Waals surface area contributed by atoms with Crippen LogP contribution in [0.2, 0.25) is 0 Å². The molecule has 1 N–H and O–H groups in total. The molecule has 0 bridgehead atoms. The fourth-order valence-electron chi connectivity index (χ4n) is 3.86. The van der Waals surface area contributed by atoms with Gasteiger partial charge in [-0.05, 0) is 53.6 Å². The van der Waals surface area contributed by atoms with Gasteiger partial charge in [-0.15, -0.1) is 0 Å². The zero-order valence-corrected chi connectivity index (χ0v) is 16.4. The van der Waals surface area contributed by atoms with E-state index in [-0.39, 0.29) is 6.42 Å². The third-order valence-corrected chi connectivity index (χ3v) is 5.38. The predicted molar refractivity (Wildman–Crippen MR) is 117 cm³/mol. The minimum Gasteiger partial charge on any atom is -0.481 e. The Balaban J connectivity index is 1.66. The predicted octanol–water partition coefficient (Wildman–Crippen LogP) is 5.49. The van der Waals surface area contributed by atoms with E-state index < -0.39 is 5.97 Å². The van der Waals surface area contributed by atoms with E-state index in [2.05, 4.69) is 77.5 Å². The Labute approximate surface area is 171 Å². The third kappa shape index (κ3) is 4.75. The SMILES string of the molecule is O=C(O)CCc1ccc2c(c1)c(CCc1ccccc1)cn2Cc1ccccc1. The lowest BCUT2D eigenvalue weighted by atomic mass is 10.0. The molecule has 0 saturated heterocycles. The zero-order valence-electron chi connectivity index (χ0n) is 16.4. The molecule has 3 heteroatoms. The first-order valence-electron chi connectivity index (χ1n) is 10.1. The molecule has 29 heavy (non-hydrogen) atoms. The number of aliphatic carboxylic acids is 1. The molecule has 3 nitrogen and oxygen atoms in total. The largest absolute Gasteiger partial charge is 0.481 e. The molecule has 4 aromatic rings. The average Bonchev–Trinajstić information content (AvgIpc) is 3.09. The van der Waals surface area contributed by atoms with Gasteiger partial charge in [-0.2, -0.15) is 0 Å². The summed E-state index contributed by atoms with van der Waals surface area (Å²) in [5.41, 5.74) is 6.21. The highest BCUT2D eigenvalue weighted by atomic mass is 16.4. The molecular weight excluding hydrogens is 358 g/mol. The monoisotopic (exact) mass is 383 g/mol. The van der Waals surface area contributed by atoms with E-state index in [9.17, 15) is 4.79 Å². The molecule has 4 rings (SSSR count). The zero-order chi connectivity index (χ0) is 20.1. The second-order valence-electron chi connectivity index (χ2n) is 7.50. The van der Waals surface area contributed by atoms with Gasteiger partial charge in [-0.25, -0.2) is 0 Å². The lowest BCUT2D eigenvalue weighted by Gasteiger charge is -2.06. The van der Waals surface area contributed by atoms with Crippen LogP contribution < -0.4 is 0 Å². The van der Waals surface area contributed by atoms with Crippen molar-refractivity contribution in [3.63, 3.8) is 0 Å². The summed E-state index contributed by atoms with van der Waals surface area (Å²) >= 11 is 0. The van der Waals surface area contributed by atoms with Crippen LogP contribution in [0.4, 0.5) is 0 Å². The van der Waals surface area contributed by atoms with Gasteiger partial charge in [0.25, 0.3) is 0 Å². The van der Waals surface area contributed by atoms with Crippen LogP contribution in [0.25, 0.3) is 10.9 Å². The van der Waals surface area contributed by atoms with Crippen molar-refractivity contribution in [1.29, 1.82) is 0 Å². The Bertz CT molecular complexity index is 1100. The van der Waals surface area contributed by atoms with Crippen molar-refractivity contribution < 1.29 is 9.90 Å². The van der Waals surface area contributed by atoms with E-state index in [1.54, 1.807) is 0 Å². The molecule has 0 amide bonds. The number of nitrogens with zero attached hydrogens (tertiary/aromatic N) is 1. The molecular formula is C26H25NO2. The van der Waals surface area contributed by atoms with Gasteiger partial charge >= 0.3 is 5.97 Å². The number of fused-ring (bicyclic) bond motifs is 1. The molecule has 1 aromatic heterocycles. The lowest BCUT2D eigenvalue weighted by molar-refractivity contribution is -0.136. The van der Waals surface area contributed by atoms with E-state index in [0.29, 0.717) is 6.42 Å². The smallest absolute Gasteiger partial charge is 0.303 e. The van der Waals surface area contributed by atoms with Crippen LogP contribution in [0.3, 0.4) is 0 Å². The first-order valence-corrected chi connectivity index (χ1v) is 10.1. The summed E-state index contributed by atoms with van der Waals surface area (Å²) in [6.45, 7) is 0.831. The summed E-state index contributed by atoms with van der Waals surface area (Å²) in [7, 11) is 0. The minimum atomic E-state index is -0.754. The number of carbonyl (C=O) groups is 1. The highest BCUT2D eigenvalue weighted by Crippen LogP contribution is 2.26. The second-order valence-corrected chi connectivity index (χ2v) is 7.50. The number of hydrogen-bond donors (Lipinski definition) is 1. The fraction of sp³-hybridized carbons (Fsp3) is 0.192. The molecule has 0 radical (unpaired) electrons. The Hall–Kier alpha value is -3.33. The van der Waals surface area contributed by atoms with E-state index in [0.717, 1.165) is 24.9 Å². The molecule has 0 aliphatic rings. The molecule has 0 spiro atoms. The molecule has 0 saturated carbocycles.